The minimum Gasteiger partial charge on any atom is -0.305 e. The molecule has 0 saturated carbocycles. The fourth-order valence-electron chi connectivity index (χ4n) is 0.697. The summed E-state index contributed by atoms with van der Waals surface area (Å²) in [6, 6.07) is 1.84. The maximum Gasteiger partial charge on any atom is 0.0635 e. The summed E-state index contributed by atoms with van der Waals surface area (Å²) in [6.07, 6.45) is 3.30. The quantitative estimate of drug-likeness (QED) is 0.700. The number of aromatic nitrogens is 1. The second-order valence-corrected chi connectivity index (χ2v) is 2.40. The highest BCUT2D eigenvalue weighted by Gasteiger charge is 1.96. The lowest BCUT2D eigenvalue weighted by atomic mass is 10.3. The molecule has 0 fully saturated rings. The van der Waals surface area contributed by atoms with Gasteiger partial charge >= 0.3 is 0 Å². The average Bonchev–Trinajstić information content (AvgIpc) is 2.03. The van der Waals surface area contributed by atoms with Gasteiger partial charge in [-0.05, 0) is 11.6 Å². The van der Waals surface area contributed by atoms with Gasteiger partial charge in [0, 0.05) is 18.9 Å². The first kappa shape index (κ1) is 8.46. The summed E-state index contributed by atoms with van der Waals surface area (Å²) in [5, 5.41) is 0.650. The molecule has 4 heteroatoms. The van der Waals surface area contributed by atoms with Crippen LogP contribution in [0.1, 0.15) is 5.56 Å². The minimum absolute atomic E-state index is 0.595. The molecule has 1 aromatic rings. The first-order valence-corrected chi connectivity index (χ1v) is 3.56. The minimum atomic E-state index is 0.595. The molecule has 0 atom stereocenters. The molecular formula is C7H9ClN2O. The highest BCUT2D eigenvalue weighted by atomic mass is 35.5. The first-order valence-electron chi connectivity index (χ1n) is 3.19. The summed E-state index contributed by atoms with van der Waals surface area (Å²) in [6.45, 7) is 0.595. The molecule has 0 spiro atoms. The van der Waals surface area contributed by atoms with Crippen molar-refractivity contribution >= 4 is 11.6 Å². The third-order valence-electron chi connectivity index (χ3n) is 1.26. The van der Waals surface area contributed by atoms with Gasteiger partial charge in [0.05, 0.1) is 12.1 Å². The predicted octanol–water partition coefficient (Wildman–Crippen LogP) is 1.39. The normalized spacial score (nSPS) is 10.0. The first-order chi connectivity index (χ1) is 5.34. The number of nitrogens with zero attached hydrogens (tertiary/aromatic N) is 1. The molecule has 0 aliphatic carbocycles. The predicted molar refractivity (Wildman–Crippen MR) is 43.1 cm³/mol. The molecule has 0 unspecified atom stereocenters. The van der Waals surface area contributed by atoms with E-state index in [9.17, 15) is 0 Å². The molecule has 0 aromatic carbocycles. The Bertz CT molecular complexity index is 229. The number of rotatable bonds is 3. The van der Waals surface area contributed by atoms with E-state index >= 15 is 0 Å². The SMILES string of the molecule is CONCc1ccncc1Cl. The molecule has 1 aromatic heterocycles. The van der Waals surface area contributed by atoms with E-state index in [1.165, 1.54) is 0 Å². The summed E-state index contributed by atoms with van der Waals surface area (Å²) in [4.78, 5) is 8.52. The molecule has 0 bridgehead atoms. The number of hydrogen-bond acceptors (Lipinski definition) is 3. The van der Waals surface area contributed by atoms with E-state index < -0.39 is 0 Å². The van der Waals surface area contributed by atoms with Crippen LogP contribution in [-0.4, -0.2) is 12.1 Å². The molecule has 60 valence electrons. The van der Waals surface area contributed by atoms with Crippen molar-refractivity contribution in [2.45, 2.75) is 6.54 Å². The topological polar surface area (TPSA) is 34.1 Å². The Kier molecular flexibility index (Phi) is 3.29. The second-order valence-electron chi connectivity index (χ2n) is 1.99. The summed E-state index contributed by atoms with van der Waals surface area (Å²) in [5.74, 6) is 0. The van der Waals surface area contributed by atoms with Gasteiger partial charge in [0.1, 0.15) is 0 Å². The number of hydrogen-bond donors (Lipinski definition) is 1. The molecule has 0 aliphatic heterocycles. The van der Waals surface area contributed by atoms with Gasteiger partial charge in [-0.3, -0.25) is 4.98 Å². The zero-order valence-electron chi connectivity index (χ0n) is 6.17. The van der Waals surface area contributed by atoms with Crippen molar-refractivity contribution in [1.29, 1.82) is 0 Å². The van der Waals surface area contributed by atoms with E-state index in [0.29, 0.717) is 11.6 Å². The van der Waals surface area contributed by atoms with Crippen LogP contribution in [0, 0.1) is 0 Å². The lowest BCUT2D eigenvalue weighted by Crippen LogP contribution is -2.10. The molecule has 1 N–H and O–H groups in total. The number of halogens is 1. The van der Waals surface area contributed by atoms with Crippen LogP contribution in [0.4, 0.5) is 0 Å². The van der Waals surface area contributed by atoms with Crippen molar-refractivity contribution in [2.75, 3.05) is 7.11 Å². The van der Waals surface area contributed by atoms with Crippen molar-refractivity contribution in [3.63, 3.8) is 0 Å². The molecular weight excluding hydrogens is 164 g/mol. The van der Waals surface area contributed by atoms with E-state index in [4.69, 9.17) is 11.6 Å². The standard InChI is InChI=1S/C7H9ClN2O/c1-11-10-4-6-2-3-9-5-7(6)8/h2-3,5,10H,4H2,1H3. The van der Waals surface area contributed by atoms with Gasteiger partial charge in [-0.25, -0.2) is 0 Å². The maximum atomic E-state index is 5.80. The lowest BCUT2D eigenvalue weighted by molar-refractivity contribution is 0.0867. The highest BCUT2D eigenvalue weighted by molar-refractivity contribution is 6.31. The maximum absolute atomic E-state index is 5.80. The van der Waals surface area contributed by atoms with Crippen LogP contribution in [0.15, 0.2) is 18.5 Å². The van der Waals surface area contributed by atoms with E-state index in [1.807, 2.05) is 6.07 Å². The van der Waals surface area contributed by atoms with E-state index in [-0.39, 0.29) is 0 Å². The monoisotopic (exact) mass is 172 g/mol. The molecule has 1 heterocycles. The van der Waals surface area contributed by atoms with Crippen molar-refractivity contribution in [1.82, 2.24) is 10.5 Å². The van der Waals surface area contributed by atoms with Crippen LogP contribution >= 0.6 is 11.6 Å². The number of nitrogens with one attached hydrogen (secondary N) is 1. The van der Waals surface area contributed by atoms with Gasteiger partial charge in [0.15, 0.2) is 0 Å². The van der Waals surface area contributed by atoms with Gasteiger partial charge in [0.2, 0.25) is 0 Å². The van der Waals surface area contributed by atoms with Gasteiger partial charge in [-0.15, -0.1) is 0 Å². The summed E-state index contributed by atoms with van der Waals surface area (Å²) < 4.78 is 0. The molecule has 0 amide bonds. The summed E-state index contributed by atoms with van der Waals surface area (Å²) in [5.41, 5.74) is 3.67. The van der Waals surface area contributed by atoms with Crippen LogP contribution in [0.5, 0.6) is 0 Å². The average molecular weight is 173 g/mol. The molecule has 1 rings (SSSR count). The molecule has 0 saturated heterocycles. The molecule has 11 heavy (non-hydrogen) atoms. The third kappa shape index (κ3) is 2.46. The van der Waals surface area contributed by atoms with Crippen LogP contribution in [0.2, 0.25) is 5.02 Å². The van der Waals surface area contributed by atoms with Crippen molar-refractivity contribution < 1.29 is 4.84 Å². The van der Waals surface area contributed by atoms with E-state index in [0.717, 1.165) is 5.56 Å². The summed E-state index contributed by atoms with van der Waals surface area (Å²) in [7, 11) is 1.56. The Hall–Kier alpha value is -0.640. The number of pyridine rings is 1. The largest absolute Gasteiger partial charge is 0.305 e. The lowest BCUT2D eigenvalue weighted by Gasteiger charge is -2.02. The fraction of sp³-hybridized carbons (Fsp3) is 0.286. The zero-order valence-corrected chi connectivity index (χ0v) is 6.93. The smallest absolute Gasteiger partial charge is 0.0635 e. The Morgan fingerprint density at radius 3 is 3.18 bits per heavy atom. The Morgan fingerprint density at radius 1 is 1.73 bits per heavy atom. The Morgan fingerprint density at radius 2 is 2.55 bits per heavy atom. The van der Waals surface area contributed by atoms with Crippen molar-refractivity contribution in [3.8, 4) is 0 Å². The van der Waals surface area contributed by atoms with Gasteiger partial charge in [-0.2, -0.15) is 5.48 Å². The molecule has 0 radical (unpaired) electrons. The fourth-order valence-corrected chi connectivity index (χ4v) is 0.883. The van der Waals surface area contributed by atoms with Gasteiger partial charge < -0.3 is 4.84 Å². The Balaban J connectivity index is 2.62. The van der Waals surface area contributed by atoms with Crippen LogP contribution < -0.4 is 5.48 Å². The van der Waals surface area contributed by atoms with E-state index in [1.54, 1.807) is 19.5 Å². The third-order valence-corrected chi connectivity index (χ3v) is 1.60. The van der Waals surface area contributed by atoms with Crippen LogP contribution in [-0.2, 0) is 11.4 Å². The Labute approximate surface area is 70.3 Å². The second kappa shape index (κ2) is 4.28. The van der Waals surface area contributed by atoms with Crippen molar-refractivity contribution in [3.05, 3.63) is 29.0 Å². The molecule has 0 aliphatic rings. The van der Waals surface area contributed by atoms with Crippen molar-refractivity contribution in [2.24, 2.45) is 0 Å². The van der Waals surface area contributed by atoms with Crippen LogP contribution in [0.3, 0.4) is 0 Å². The summed E-state index contributed by atoms with van der Waals surface area (Å²) >= 11 is 5.80. The van der Waals surface area contributed by atoms with Gasteiger partial charge in [0.25, 0.3) is 0 Å². The number of hydroxylamine groups is 1. The highest BCUT2D eigenvalue weighted by Crippen LogP contribution is 2.12. The molecule has 3 nitrogen and oxygen atoms in total. The zero-order chi connectivity index (χ0) is 8.10. The van der Waals surface area contributed by atoms with Gasteiger partial charge in [-0.1, -0.05) is 11.6 Å². The van der Waals surface area contributed by atoms with E-state index in [2.05, 4.69) is 15.3 Å². The van der Waals surface area contributed by atoms with Crippen LogP contribution in [0.25, 0.3) is 0 Å².